The Labute approximate surface area is 143 Å². The molecule has 0 saturated carbocycles. The van der Waals surface area contributed by atoms with Crippen LogP contribution in [0.4, 0.5) is 0 Å². The van der Waals surface area contributed by atoms with Crippen LogP contribution in [0.3, 0.4) is 0 Å². The van der Waals surface area contributed by atoms with Crippen LogP contribution in [0.25, 0.3) is 44.1 Å². The minimum absolute atomic E-state index is 0.591. The first-order valence-electron chi connectivity index (χ1n) is 7.76. The maximum absolute atomic E-state index is 6.16. The highest BCUT2D eigenvalue weighted by Gasteiger charge is 2.13. The fourth-order valence-corrected chi connectivity index (χ4v) is 3.41. The van der Waals surface area contributed by atoms with Gasteiger partial charge in [0, 0.05) is 16.0 Å². The summed E-state index contributed by atoms with van der Waals surface area (Å²) in [5, 5.41) is 5.29. The van der Waals surface area contributed by atoms with Gasteiger partial charge < -0.3 is 4.42 Å². The summed E-state index contributed by atoms with van der Waals surface area (Å²) in [7, 11) is 0. The summed E-state index contributed by atoms with van der Waals surface area (Å²) in [5.41, 5.74) is 2.56. The second-order valence-corrected chi connectivity index (χ2v) is 6.26. The molecule has 0 aliphatic carbocycles. The Hall–Kier alpha value is -2.84. The van der Waals surface area contributed by atoms with E-state index in [4.69, 9.17) is 16.0 Å². The van der Waals surface area contributed by atoms with Gasteiger partial charge in [0.05, 0.1) is 0 Å². The van der Waals surface area contributed by atoms with Crippen LogP contribution in [0.15, 0.2) is 77.2 Å². The van der Waals surface area contributed by atoms with Crippen molar-refractivity contribution < 1.29 is 4.42 Å². The molecule has 114 valence electrons. The van der Waals surface area contributed by atoms with Gasteiger partial charge in [-0.1, -0.05) is 60.1 Å². The van der Waals surface area contributed by atoms with Crippen LogP contribution < -0.4 is 0 Å². The van der Waals surface area contributed by atoms with Gasteiger partial charge >= 0.3 is 0 Å². The number of rotatable bonds is 1. The molecule has 0 spiro atoms. The van der Waals surface area contributed by atoms with Crippen molar-refractivity contribution in [2.75, 3.05) is 0 Å². The van der Waals surface area contributed by atoms with E-state index in [0.717, 1.165) is 27.4 Å². The molecule has 2 nitrogen and oxygen atoms in total. The summed E-state index contributed by atoms with van der Waals surface area (Å²) < 4.78 is 6.16. The molecule has 4 aromatic carbocycles. The van der Waals surface area contributed by atoms with E-state index in [0.29, 0.717) is 10.9 Å². The third-order valence-electron chi connectivity index (χ3n) is 4.33. The lowest BCUT2D eigenvalue weighted by molar-refractivity contribution is 0.623. The zero-order valence-corrected chi connectivity index (χ0v) is 13.4. The molecule has 1 aromatic heterocycles. The molecule has 0 bridgehead atoms. The molecule has 0 fully saturated rings. The quantitative estimate of drug-likeness (QED) is 0.330. The van der Waals surface area contributed by atoms with Crippen molar-refractivity contribution in [2.24, 2.45) is 0 Å². The molecule has 0 amide bonds. The van der Waals surface area contributed by atoms with E-state index in [2.05, 4.69) is 41.4 Å². The Morgan fingerprint density at radius 3 is 2.54 bits per heavy atom. The highest BCUT2D eigenvalue weighted by atomic mass is 35.5. The number of oxazole rings is 1. The van der Waals surface area contributed by atoms with Crippen molar-refractivity contribution in [1.82, 2.24) is 4.98 Å². The van der Waals surface area contributed by atoms with Gasteiger partial charge in [-0.15, -0.1) is 0 Å². The highest BCUT2D eigenvalue weighted by molar-refractivity contribution is 6.30. The molecule has 0 N–H and O–H groups in total. The molecule has 0 atom stereocenters. The van der Waals surface area contributed by atoms with Crippen LogP contribution in [0.5, 0.6) is 0 Å². The summed E-state index contributed by atoms with van der Waals surface area (Å²) in [6.07, 6.45) is 0. The van der Waals surface area contributed by atoms with E-state index >= 15 is 0 Å². The first-order valence-corrected chi connectivity index (χ1v) is 8.14. The summed E-state index contributed by atoms with van der Waals surface area (Å²) in [4.78, 5) is 4.66. The predicted molar refractivity (Wildman–Crippen MR) is 99.5 cm³/mol. The molecule has 0 radical (unpaired) electrons. The highest BCUT2D eigenvalue weighted by Crippen LogP contribution is 2.34. The molecule has 5 aromatic rings. The van der Waals surface area contributed by atoms with E-state index in [1.165, 1.54) is 10.8 Å². The standard InChI is InChI=1S/C21H12ClNO/c22-16-6-3-5-15(12-16)21-23-18-11-10-14-9-8-13-4-1-2-7-17(13)19(14)20(18)24-21/h1-12H. The summed E-state index contributed by atoms with van der Waals surface area (Å²) in [6.45, 7) is 0. The number of halogens is 1. The molecule has 0 aliphatic rings. The Morgan fingerprint density at radius 2 is 1.62 bits per heavy atom. The predicted octanol–water partition coefficient (Wildman–Crippen LogP) is 6.45. The topological polar surface area (TPSA) is 26.0 Å². The third-order valence-corrected chi connectivity index (χ3v) is 4.57. The third kappa shape index (κ3) is 2.00. The van der Waals surface area contributed by atoms with E-state index in [-0.39, 0.29) is 0 Å². The first kappa shape index (κ1) is 13.6. The van der Waals surface area contributed by atoms with E-state index < -0.39 is 0 Å². The van der Waals surface area contributed by atoms with Crippen LogP contribution in [-0.2, 0) is 0 Å². The van der Waals surface area contributed by atoms with Crippen LogP contribution in [0.1, 0.15) is 0 Å². The molecule has 5 rings (SSSR count). The normalized spacial score (nSPS) is 11.5. The largest absolute Gasteiger partial charge is 0.435 e. The SMILES string of the molecule is Clc1cccc(-c2nc3ccc4ccc5ccccc5c4c3o2)c1. The number of hydrogen-bond acceptors (Lipinski definition) is 2. The van der Waals surface area contributed by atoms with Crippen molar-refractivity contribution in [2.45, 2.75) is 0 Å². The van der Waals surface area contributed by atoms with Gasteiger partial charge in [-0.2, -0.15) is 0 Å². The zero-order chi connectivity index (χ0) is 16.1. The Bertz CT molecular complexity index is 1220. The fourth-order valence-electron chi connectivity index (χ4n) is 3.22. The van der Waals surface area contributed by atoms with Crippen molar-refractivity contribution in [3.05, 3.63) is 77.8 Å². The Kier molecular flexibility index (Phi) is 2.88. The maximum Gasteiger partial charge on any atom is 0.227 e. The van der Waals surface area contributed by atoms with Crippen molar-refractivity contribution in [3.8, 4) is 11.5 Å². The number of nitrogens with zero attached hydrogens (tertiary/aromatic N) is 1. The van der Waals surface area contributed by atoms with Crippen LogP contribution in [0, 0.1) is 0 Å². The number of fused-ring (bicyclic) bond motifs is 5. The van der Waals surface area contributed by atoms with E-state index in [1.807, 2.05) is 36.4 Å². The zero-order valence-electron chi connectivity index (χ0n) is 12.7. The van der Waals surface area contributed by atoms with Crippen LogP contribution in [-0.4, -0.2) is 4.98 Å². The van der Waals surface area contributed by atoms with Crippen molar-refractivity contribution in [3.63, 3.8) is 0 Å². The van der Waals surface area contributed by atoms with E-state index in [9.17, 15) is 0 Å². The average molecular weight is 330 g/mol. The van der Waals surface area contributed by atoms with Gasteiger partial charge in [0.15, 0.2) is 5.58 Å². The van der Waals surface area contributed by atoms with Crippen molar-refractivity contribution >= 4 is 44.2 Å². The second kappa shape index (κ2) is 5.08. The van der Waals surface area contributed by atoms with Gasteiger partial charge in [-0.3, -0.25) is 0 Å². The van der Waals surface area contributed by atoms with Gasteiger partial charge in [0.25, 0.3) is 0 Å². The lowest BCUT2D eigenvalue weighted by atomic mass is 10.0. The summed E-state index contributed by atoms with van der Waals surface area (Å²) in [6, 6.07) is 24.3. The molecule has 0 saturated heterocycles. The average Bonchev–Trinajstić information content (AvgIpc) is 3.06. The molecular formula is C21H12ClNO. The van der Waals surface area contributed by atoms with Gasteiger partial charge in [0.2, 0.25) is 5.89 Å². The molecule has 24 heavy (non-hydrogen) atoms. The van der Waals surface area contributed by atoms with Crippen molar-refractivity contribution in [1.29, 1.82) is 0 Å². The summed E-state index contributed by atoms with van der Waals surface area (Å²) in [5.74, 6) is 0.591. The Morgan fingerprint density at radius 1 is 0.792 bits per heavy atom. The minimum Gasteiger partial charge on any atom is -0.435 e. The number of aromatic nitrogens is 1. The van der Waals surface area contributed by atoms with Crippen LogP contribution >= 0.6 is 11.6 Å². The van der Waals surface area contributed by atoms with Crippen LogP contribution in [0.2, 0.25) is 5.02 Å². The summed E-state index contributed by atoms with van der Waals surface area (Å²) >= 11 is 6.10. The van der Waals surface area contributed by atoms with E-state index in [1.54, 1.807) is 0 Å². The first-order chi connectivity index (χ1) is 11.8. The van der Waals surface area contributed by atoms with Gasteiger partial charge in [0.1, 0.15) is 5.52 Å². The molecule has 0 aliphatic heterocycles. The maximum atomic E-state index is 6.16. The number of benzene rings is 4. The monoisotopic (exact) mass is 329 g/mol. The Balaban J connectivity index is 1.89. The van der Waals surface area contributed by atoms with Gasteiger partial charge in [-0.25, -0.2) is 4.98 Å². The minimum atomic E-state index is 0.591. The second-order valence-electron chi connectivity index (χ2n) is 5.83. The molecule has 3 heteroatoms. The molecule has 0 unspecified atom stereocenters. The smallest absolute Gasteiger partial charge is 0.227 e. The van der Waals surface area contributed by atoms with Gasteiger partial charge in [-0.05, 0) is 40.4 Å². The fraction of sp³-hybridized carbons (Fsp3) is 0. The molecular weight excluding hydrogens is 318 g/mol. The number of hydrogen-bond donors (Lipinski definition) is 0. The molecule has 1 heterocycles. The lowest BCUT2D eigenvalue weighted by Gasteiger charge is -2.03. The lowest BCUT2D eigenvalue weighted by Crippen LogP contribution is -1.78.